The topological polar surface area (TPSA) is 0 Å². The van der Waals surface area contributed by atoms with Crippen molar-refractivity contribution in [2.75, 3.05) is 0 Å². The number of hydrogen-bond acceptors (Lipinski definition) is 0. The number of allylic oxidation sites excluding steroid dienone is 8. The maximum absolute atomic E-state index is 4.93. The van der Waals surface area contributed by atoms with Crippen LogP contribution in [0.25, 0.3) is 0 Å². The number of rotatable bonds is 2. The SMILES string of the molecule is CC(C)C1=CCC=C1.CC(C)C1=CCC=C1.[Cl][W][Cl]. The summed E-state index contributed by atoms with van der Waals surface area (Å²) in [6.45, 7) is 8.89. The van der Waals surface area contributed by atoms with Crippen LogP contribution in [0, 0.1) is 11.8 Å². The Morgan fingerprint density at radius 3 is 1.26 bits per heavy atom. The molecular weight excluding hydrogens is 447 g/mol. The van der Waals surface area contributed by atoms with Gasteiger partial charge >= 0.3 is 35.3 Å². The van der Waals surface area contributed by atoms with E-state index in [1.807, 2.05) is 0 Å². The molecule has 0 aromatic heterocycles. The van der Waals surface area contributed by atoms with E-state index in [0.29, 0.717) is 11.8 Å². The van der Waals surface area contributed by atoms with E-state index in [-0.39, 0.29) is 0 Å². The molecule has 0 atom stereocenters. The van der Waals surface area contributed by atoms with Crippen LogP contribution >= 0.6 is 18.8 Å². The van der Waals surface area contributed by atoms with Crippen LogP contribution in [-0.4, -0.2) is 0 Å². The third-order valence-corrected chi connectivity index (χ3v) is 2.93. The van der Waals surface area contributed by atoms with Gasteiger partial charge in [0.1, 0.15) is 0 Å². The summed E-state index contributed by atoms with van der Waals surface area (Å²) in [4.78, 5) is 0. The molecule has 0 saturated heterocycles. The summed E-state index contributed by atoms with van der Waals surface area (Å²) < 4.78 is 0. The molecule has 2 rings (SSSR count). The van der Waals surface area contributed by atoms with Crippen LogP contribution in [0.1, 0.15) is 40.5 Å². The van der Waals surface area contributed by atoms with Gasteiger partial charge in [-0.25, -0.2) is 0 Å². The van der Waals surface area contributed by atoms with Crippen molar-refractivity contribution in [2.24, 2.45) is 11.8 Å². The third kappa shape index (κ3) is 9.72. The second-order valence-electron chi connectivity index (χ2n) is 5.05. The maximum atomic E-state index is 4.93. The molecule has 0 bridgehead atoms. The average Bonchev–Trinajstić information content (AvgIpc) is 3.05. The normalized spacial score (nSPS) is 15.8. The molecular formula is C16H24Cl2W. The van der Waals surface area contributed by atoms with Crippen molar-refractivity contribution in [3.8, 4) is 0 Å². The van der Waals surface area contributed by atoms with Crippen LogP contribution in [0.5, 0.6) is 0 Å². The zero-order valence-electron chi connectivity index (χ0n) is 12.2. The van der Waals surface area contributed by atoms with Gasteiger partial charge in [0, 0.05) is 0 Å². The fraction of sp³-hybridized carbons (Fsp3) is 0.500. The van der Waals surface area contributed by atoms with Crippen molar-refractivity contribution in [3.63, 3.8) is 0 Å². The molecule has 2 aliphatic carbocycles. The molecule has 0 fully saturated rings. The second-order valence-corrected chi connectivity index (χ2v) is 9.29. The molecule has 0 amide bonds. The van der Waals surface area contributed by atoms with Gasteiger partial charge in [-0.05, 0) is 35.8 Å². The summed E-state index contributed by atoms with van der Waals surface area (Å²) in [5.74, 6) is 1.43. The second kappa shape index (κ2) is 12.0. The van der Waals surface area contributed by atoms with Gasteiger partial charge in [0.15, 0.2) is 0 Å². The Bertz CT molecular complexity index is 316. The molecule has 0 heterocycles. The molecule has 0 saturated carbocycles. The van der Waals surface area contributed by atoms with Gasteiger partial charge in [-0.2, -0.15) is 0 Å². The number of halogens is 2. The zero-order valence-corrected chi connectivity index (χ0v) is 16.6. The molecule has 0 nitrogen and oxygen atoms in total. The molecule has 2 aliphatic rings. The minimum absolute atomic E-state index is 0.716. The average molecular weight is 471 g/mol. The third-order valence-electron chi connectivity index (χ3n) is 2.93. The Labute approximate surface area is 135 Å². The summed E-state index contributed by atoms with van der Waals surface area (Å²) in [5.41, 5.74) is 2.98. The fourth-order valence-corrected chi connectivity index (χ4v) is 1.81. The Balaban J connectivity index is 0.000000284. The van der Waals surface area contributed by atoms with E-state index in [1.54, 1.807) is 0 Å². The standard InChI is InChI=1S/2C8H12.2ClH.W/c2*1-7(2)8-5-3-4-6-8;;;/h2*3,5-7H,4H2,1-2H3;2*1H;/q;;;;+2/p-2. The quantitative estimate of drug-likeness (QED) is 0.436. The van der Waals surface area contributed by atoms with Crippen LogP contribution in [0.3, 0.4) is 0 Å². The van der Waals surface area contributed by atoms with Gasteiger partial charge in [-0.15, -0.1) is 0 Å². The van der Waals surface area contributed by atoms with Crippen LogP contribution < -0.4 is 0 Å². The van der Waals surface area contributed by atoms with Crippen LogP contribution in [0.15, 0.2) is 47.6 Å². The van der Waals surface area contributed by atoms with Crippen LogP contribution in [0.2, 0.25) is 0 Å². The van der Waals surface area contributed by atoms with Gasteiger partial charge in [0.2, 0.25) is 0 Å². The van der Waals surface area contributed by atoms with Crippen LogP contribution in [-0.2, 0) is 16.5 Å². The molecule has 0 unspecified atom stereocenters. The van der Waals surface area contributed by atoms with Crippen molar-refractivity contribution < 1.29 is 16.5 Å². The molecule has 19 heavy (non-hydrogen) atoms. The predicted octanol–water partition coefficient (Wildman–Crippen LogP) is 6.43. The Kier molecular flexibility index (Phi) is 12.2. The molecule has 0 spiro atoms. The van der Waals surface area contributed by atoms with Crippen molar-refractivity contribution in [2.45, 2.75) is 40.5 Å². The molecule has 3 heteroatoms. The Hall–Kier alpha value is 0.228. The Morgan fingerprint density at radius 1 is 0.842 bits per heavy atom. The first-order chi connectivity index (χ1) is 9.02. The summed E-state index contributed by atoms with van der Waals surface area (Å²) in [7, 11) is 9.86. The Morgan fingerprint density at radius 2 is 1.16 bits per heavy atom. The van der Waals surface area contributed by atoms with Crippen molar-refractivity contribution in [1.29, 1.82) is 0 Å². The van der Waals surface area contributed by atoms with E-state index in [0.717, 1.165) is 12.8 Å². The van der Waals surface area contributed by atoms with Gasteiger partial charge in [0.05, 0.1) is 0 Å². The molecule has 0 N–H and O–H groups in total. The van der Waals surface area contributed by atoms with E-state index in [1.165, 1.54) is 11.1 Å². The summed E-state index contributed by atoms with van der Waals surface area (Å²) >= 11 is -0.806. The first-order valence-electron chi connectivity index (χ1n) is 6.65. The first-order valence-corrected chi connectivity index (χ1v) is 13.9. The van der Waals surface area contributed by atoms with Gasteiger partial charge in [-0.1, -0.05) is 64.2 Å². The summed E-state index contributed by atoms with van der Waals surface area (Å²) in [5, 5.41) is 0. The zero-order chi connectivity index (χ0) is 14.7. The van der Waals surface area contributed by atoms with Gasteiger partial charge < -0.3 is 0 Å². The molecule has 0 radical (unpaired) electrons. The number of hydrogen-bond donors (Lipinski definition) is 0. The predicted molar refractivity (Wildman–Crippen MR) is 85.1 cm³/mol. The monoisotopic (exact) mass is 470 g/mol. The van der Waals surface area contributed by atoms with Gasteiger partial charge in [0.25, 0.3) is 0 Å². The van der Waals surface area contributed by atoms with E-state index < -0.39 is 16.5 Å². The van der Waals surface area contributed by atoms with Crippen molar-refractivity contribution >= 4 is 18.8 Å². The van der Waals surface area contributed by atoms with E-state index in [4.69, 9.17) is 18.8 Å². The molecule has 0 aromatic rings. The summed E-state index contributed by atoms with van der Waals surface area (Å²) in [6, 6.07) is 0. The molecule has 0 aromatic carbocycles. The minimum atomic E-state index is -0.806. The van der Waals surface area contributed by atoms with Crippen LogP contribution in [0.4, 0.5) is 0 Å². The van der Waals surface area contributed by atoms with E-state index in [9.17, 15) is 0 Å². The first kappa shape index (κ1) is 19.2. The van der Waals surface area contributed by atoms with E-state index >= 15 is 0 Å². The van der Waals surface area contributed by atoms with Crippen molar-refractivity contribution in [1.82, 2.24) is 0 Å². The van der Waals surface area contributed by atoms with Crippen molar-refractivity contribution in [3.05, 3.63) is 47.6 Å². The van der Waals surface area contributed by atoms with E-state index in [2.05, 4.69) is 64.2 Å². The molecule has 0 aliphatic heterocycles. The molecule has 108 valence electrons. The van der Waals surface area contributed by atoms with Gasteiger partial charge in [-0.3, -0.25) is 0 Å². The summed E-state index contributed by atoms with van der Waals surface area (Å²) in [6.07, 6.45) is 15.7. The fourth-order valence-electron chi connectivity index (χ4n) is 1.81.